The van der Waals surface area contributed by atoms with E-state index in [1.54, 1.807) is 0 Å². The normalized spacial score (nSPS) is 11.7. The molecule has 0 atom stereocenters. The molecule has 1 rings (SSSR count). The molecule has 8 heteroatoms. The summed E-state index contributed by atoms with van der Waals surface area (Å²) in [6.45, 7) is -1.58. The van der Waals surface area contributed by atoms with Crippen LogP contribution in [-0.4, -0.2) is 40.0 Å². The van der Waals surface area contributed by atoms with Crippen LogP contribution in [0, 0.1) is 0 Å². The minimum absolute atomic E-state index is 0.171. The van der Waals surface area contributed by atoms with Gasteiger partial charge in [0.25, 0.3) is 0 Å². The molecule has 15 heavy (non-hydrogen) atoms. The van der Waals surface area contributed by atoms with E-state index in [1.165, 1.54) is 17.9 Å². The fourth-order valence-electron chi connectivity index (χ4n) is 0.950. The van der Waals surface area contributed by atoms with Crippen LogP contribution in [0.1, 0.15) is 10.5 Å². The van der Waals surface area contributed by atoms with E-state index in [0.29, 0.717) is 0 Å². The second kappa shape index (κ2) is 4.39. The van der Waals surface area contributed by atoms with Gasteiger partial charge in [-0.1, -0.05) is 5.21 Å². The SMILES string of the molecule is Cn1nncc1C(=O)CNCC(F)(F)F. The second-order valence-electron chi connectivity index (χ2n) is 2.88. The number of carbonyl (C=O) groups excluding carboxylic acids is 1. The maximum atomic E-state index is 11.7. The average molecular weight is 222 g/mol. The maximum Gasteiger partial charge on any atom is 0.401 e. The van der Waals surface area contributed by atoms with Crippen molar-refractivity contribution in [2.24, 2.45) is 7.05 Å². The first kappa shape index (κ1) is 11.6. The number of hydrogen-bond donors (Lipinski definition) is 1. The van der Waals surface area contributed by atoms with Gasteiger partial charge < -0.3 is 5.32 Å². The van der Waals surface area contributed by atoms with E-state index < -0.39 is 18.5 Å². The summed E-state index contributed by atoms with van der Waals surface area (Å²) in [7, 11) is 1.49. The topological polar surface area (TPSA) is 59.8 Å². The van der Waals surface area contributed by atoms with Gasteiger partial charge >= 0.3 is 6.18 Å². The monoisotopic (exact) mass is 222 g/mol. The number of hydrogen-bond acceptors (Lipinski definition) is 4. The van der Waals surface area contributed by atoms with Crippen molar-refractivity contribution in [3.63, 3.8) is 0 Å². The molecule has 0 aliphatic carbocycles. The van der Waals surface area contributed by atoms with Crippen LogP contribution in [0.4, 0.5) is 13.2 Å². The Labute approximate surface area is 83.3 Å². The molecule has 0 unspecified atom stereocenters. The predicted molar refractivity (Wildman–Crippen MR) is 44.3 cm³/mol. The first-order chi connectivity index (χ1) is 6.90. The first-order valence-electron chi connectivity index (χ1n) is 4.05. The summed E-state index contributed by atoms with van der Waals surface area (Å²) < 4.78 is 36.4. The lowest BCUT2D eigenvalue weighted by Gasteiger charge is -2.06. The van der Waals surface area contributed by atoms with Gasteiger partial charge in [0.2, 0.25) is 0 Å². The van der Waals surface area contributed by atoms with Crippen LogP contribution < -0.4 is 5.32 Å². The van der Waals surface area contributed by atoms with E-state index in [4.69, 9.17) is 0 Å². The molecule has 0 amide bonds. The van der Waals surface area contributed by atoms with Crippen molar-refractivity contribution in [2.45, 2.75) is 6.18 Å². The number of alkyl halides is 3. The van der Waals surface area contributed by atoms with Crippen molar-refractivity contribution < 1.29 is 18.0 Å². The predicted octanol–water partition coefficient (Wildman–Crippen LogP) is 0.150. The molecule has 5 nitrogen and oxygen atoms in total. The molecule has 0 saturated heterocycles. The van der Waals surface area contributed by atoms with E-state index in [0.717, 1.165) is 0 Å². The van der Waals surface area contributed by atoms with Gasteiger partial charge in [-0.2, -0.15) is 13.2 Å². The fraction of sp³-hybridized carbons (Fsp3) is 0.571. The number of aromatic nitrogens is 3. The molecule has 84 valence electrons. The molecule has 0 aromatic carbocycles. The van der Waals surface area contributed by atoms with Gasteiger partial charge in [0.05, 0.1) is 19.3 Å². The molecule has 0 saturated carbocycles. The Kier molecular flexibility index (Phi) is 3.40. The van der Waals surface area contributed by atoms with E-state index >= 15 is 0 Å². The van der Waals surface area contributed by atoms with Gasteiger partial charge in [-0.25, -0.2) is 4.68 Å². The minimum atomic E-state index is -4.31. The standard InChI is InChI=1S/C7H9F3N4O/c1-14-5(2-12-13-14)6(15)3-11-4-7(8,9)10/h2,11H,3-4H2,1H3. The lowest BCUT2D eigenvalue weighted by Crippen LogP contribution is -2.33. The highest BCUT2D eigenvalue weighted by Crippen LogP contribution is 2.11. The van der Waals surface area contributed by atoms with E-state index in [1.807, 2.05) is 5.32 Å². The molecule has 0 bridgehead atoms. The smallest absolute Gasteiger partial charge is 0.301 e. The number of carbonyl (C=O) groups is 1. The zero-order valence-corrected chi connectivity index (χ0v) is 7.88. The summed E-state index contributed by atoms with van der Waals surface area (Å²) in [5.74, 6) is -0.480. The molecule has 1 N–H and O–H groups in total. The third kappa shape index (κ3) is 3.66. The van der Waals surface area contributed by atoms with Crippen LogP contribution in [0.5, 0.6) is 0 Å². The van der Waals surface area contributed by atoms with Crippen LogP contribution in [0.3, 0.4) is 0 Å². The van der Waals surface area contributed by atoms with Gasteiger partial charge in [-0.3, -0.25) is 4.79 Å². The number of nitrogens with zero attached hydrogens (tertiary/aromatic N) is 3. The fourth-order valence-corrected chi connectivity index (χ4v) is 0.950. The van der Waals surface area contributed by atoms with Crippen molar-refractivity contribution in [1.29, 1.82) is 0 Å². The molecule has 0 aliphatic rings. The zero-order valence-electron chi connectivity index (χ0n) is 7.88. The Hall–Kier alpha value is -1.44. The lowest BCUT2D eigenvalue weighted by atomic mass is 10.3. The summed E-state index contributed by atoms with van der Waals surface area (Å²) in [6, 6.07) is 0. The van der Waals surface area contributed by atoms with E-state index in [2.05, 4.69) is 10.3 Å². The number of Topliss-reactive ketones (excluding diaryl/α,β-unsaturated/α-hetero) is 1. The van der Waals surface area contributed by atoms with Crippen molar-refractivity contribution >= 4 is 5.78 Å². The zero-order chi connectivity index (χ0) is 11.5. The van der Waals surface area contributed by atoms with Crippen molar-refractivity contribution in [1.82, 2.24) is 20.3 Å². The van der Waals surface area contributed by atoms with Crippen LogP contribution >= 0.6 is 0 Å². The Morgan fingerprint density at radius 3 is 2.73 bits per heavy atom. The first-order valence-corrected chi connectivity index (χ1v) is 4.05. The average Bonchev–Trinajstić information content (AvgIpc) is 2.48. The summed E-state index contributed by atoms with van der Waals surface area (Å²) in [6.07, 6.45) is -3.11. The molecule has 0 radical (unpaired) electrons. The Bertz CT molecular complexity index is 346. The number of rotatable bonds is 4. The quantitative estimate of drug-likeness (QED) is 0.737. The Morgan fingerprint density at radius 2 is 2.27 bits per heavy atom. The van der Waals surface area contributed by atoms with Crippen molar-refractivity contribution in [2.75, 3.05) is 13.1 Å². The molecular weight excluding hydrogens is 213 g/mol. The highest BCUT2D eigenvalue weighted by molar-refractivity contribution is 5.95. The summed E-state index contributed by atoms with van der Waals surface area (Å²) >= 11 is 0. The number of ketones is 1. The van der Waals surface area contributed by atoms with Gasteiger partial charge in [0, 0.05) is 7.05 Å². The third-order valence-electron chi connectivity index (χ3n) is 1.61. The van der Waals surface area contributed by atoms with Gasteiger partial charge in [0.15, 0.2) is 5.78 Å². The van der Waals surface area contributed by atoms with Gasteiger partial charge in [-0.15, -0.1) is 5.10 Å². The number of aryl methyl sites for hydroxylation is 1. The molecular formula is C7H9F3N4O. The summed E-state index contributed by atoms with van der Waals surface area (Å²) in [4.78, 5) is 11.3. The van der Waals surface area contributed by atoms with Crippen molar-refractivity contribution in [3.8, 4) is 0 Å². The second-order valence-corrected chi connectivity index (χ2v) is 2.88. The third-order valence-corrected chi connectivity index (χ3v) is 1.61. The van der Waals surface area contributed by atoms with E-state index in [9.17, 15) is 18.0 Å². The molecule has 1 aromatic rings. The molecule has 1 heterocycles. The lowest BCUT2D eigenvalue weighted by molar-refractivity contribution is -0.124. The van der Waals surface area contributed by atoms with E-state index in [-0.39, 0.29) is 12.2 Å². The Morgan fingerprint density at radius 1 is 1.60 bits per heavy atom. The molecule has 0 fully saturated rings. The number of halogens is 3. The highest BCUT2D eigenvalue weighted by Gasteiger charge is 2.26. The Balaban J connectivity index is 2.41. The summed E-state index contributed by atoms with van der Waals surface area (Å²) in [5, 5.41) is 8.93. The van der Waals surface area contributed by atoms with Gasteiger partial charge in [0.1, 0.15) is 5.69 Å². The summed E-state index contributed by atoms with van der Waals surface area (Å²) in [5.41, 5.74) is 0.171. The molecule has 0 aliphatic heterocycles. The minimum Gasteiger partial charge on any atom is -0.301 e. The van der Waals surface area contributed by atoms with Gasteiger partial charge in [-0.05, 0) is 0 Å². The highest BCUT2D eigenvalue weighted by atomic mass is 19.4. The van der Waals surface area contributed by atoms with Crippen LogP contribution in [0.25, 0.3) is 0 Å². The van der Waals surface area contributed by atoms with Crippen LogP contribution in [0.2, 0.25) is 0 Å². The number of nitrogens with one attached hydrogen (secondary N) is 1. The molecule has 0 spiro atoms. The van der Waals surface area contributed by atoms with Crippen LogP contribution in [-0.2, 0) is 7.05 Å². The molecule has 1 aromatic heterocycles. The largest absolute Gasteiger partial charge is 0.401 e. The van der Waals surface area contributed by atoms with Crippen LogP contribution in [0.15, 0.2) is 6.20 Å². The van der Waals surface area contributed by atoms with Crippen molar-refractivity contribution in [3.05, 3.63) is 11.9 Å². The maximum absolute atomic E-state index is 11.7.